The van der Waals surface area contributed by atoms with Crippen LogP contribution < -0.4 is 9.46 Å². The molecule has 0 saturated carbocycles. The minimum atomic E-state index is -3.74. The van der Waals surface area contributed by atoms with Crippen LogP contribution in [-0.4, -0.2) is 28.3 Å². The van der Waals surface area contributed by atoms with Crippen LogP contribution in [0, 0.1) is 0 Å². The summed E-state index contributed by atoms with van der Waals surface area (Å²) in [7, 11) is -3.74. The van der Waals surface area contributed by atoms with Crippen LogP contribution in [0.2, 0.25) is 0 Å². The SMILES string of the molecule is O=S(=O)(Nc1ccc(Oc2ccc(-n3cccc3)nn2)cc1)c1cnoc1. The maximum Gasteiger partial charge on any atom is 0.266 e. The molecule has 0 atom stereocenters. The summed E-state index contributed by atoms with van der Waals surface area (Å²) in [6, 6.07) is 13.6. The highest BCUT2D eigenvalue weighted by molar-refractivity contribution is 7.92. The van der Waals surface area contributed by atoms with Gasteiger partial charge in [-0.3, -0.25) is 4.72 Å². The minimum absolute atomic E-state index is 0.0547. The number of hydrogen-bond donors (Lipinski definition) is 1. The summed E-state index contributed by atoms with van der Waals surface area (Å²) in [6.07, 6.45) is 5.90. The second-order valence-corrected chi connectivity index (χ2v) is 7.09. The van der Waals surface area contributed by atoms with E-state index in [0.717, 1.165) is 12.5 Å². The Balaban J connectivity index is 1.43. The van der Waals surface area contributed by atoms with Gasteiger partial charge in [0.05, 0.1) is 6.20 Å². The average Bonchev–Trinajstić information content (AvgIpc) is 3.38. The van der Waals surface area contributed by atoms with Gasteiger partial charge in [0, 0.05) is 24.1 Å². The van der Waals surface area contributed by atoms with Crippen molar-refractivity contribution >= 4 is 15.7 Å². The Morgan fingerprint density at radius 3 is 2.41 bits per heavy atom. The van der Waals surface area contributed by atoms with Crippen LogP contribution in [0.3, 0.4) is 0 Å². The molecule has 4 aromatic rings. The molecule has 1 N–H and O–H groups in total. The van der Waals surface area contributed by atoms with E-state index in [4.69, 9.17) is 4.74 Å². The van der Waals surface area contributed by atoms with Gasteiger partial charge in [-0.1, -0.05) is 5.16 Å². The number of sulfonamides is 1. The van der Waals surface area contributed by atoms with Gasteiger partial charge >= 0.3 is 0 Å². The third-order valence-electron chi connectivity index (χ3n) is 3.54. The normalized spacial score (nSPS) is 11.3. The maximum atomic E-state index is 12.1. The fourth-order valence-electron chi connectivity index (χ4n) is 2.25. The summed E-state index contributed by atoms with van der Waals surface area (Å²) in [5.41, 5.74) is 0.373. The third kappa shape index (κ3) is 3.80. The van der Waals surface area contributed by atoms with Gasteiger partial charge in [-0.15, -0.1) is 10.2 Å². The molecule has 0 spiro atoms. The number of hydrogen-bond acceptors (Lipinski definition) is 7. The molecular weight excluding hydrogens is 370 g/mol. The van der Waals surface area contributed by atoms with Crippen molar-refractivity contribution < 1.29 is 17.7 Å². The van der Waals surface area contributed by atoms with Gasteiger partial charge in [-0.05, 0) is 42.5 Å². The first-order valence-electron chi connectivity index (χ1n) is 7.77. The fraction of sp³-hybridized carbons (Fsp3) is 0. The Morgan fingerprint density at radius 1 is 1.00 bits per heavy atom. The molecule has 0 aliphatic carbocycles. The summed E-state index contributed by atoms with van der Waals surface area (Å²) in [5.74, 6) is 1.49. The standard InChI is InChI=1S/C17H13N5O4S/c23-27(24,15-11-18-25-12-15)21-13-3-5-14(6-4-13)26-17-8-7-16(19-20-17)22-9-1-2-10-22/h1-12,21H. The Bertz CT molecular complexity index is 1110. The lowest BCUT2D eigenvalue weighted by Gasteiger charge is -2.08. The van der Waals surface area contributed by atoms with Crippen molar-refractivity contribution in [3.8, 4) is 17.4 Å². The number of aromatic nitrogens is 4. The van der Waals surface area contributed by atoms with E-state index in [2.05, 4.69) is 24.6 Å². The number of nitrogens with one attached hydrogen (secondary N) is 1. The number of anilines is 1. The molecule has 136 valence electrons. The van der Waals surface area contributed by atoms with Crippen molar-refractivity contribution in [1.29, 1.82) is 0 Å². The Kier molecular flexibility index (Phi) is 4.30. The van der Waals surface area contributed by atoms with Crippen LogP contribution in [0.15, 0.2) is 82.8 Å². The predicted octanol–water partition coefficient (Wildman–Crippen LogP) is 2.85. The molecule has 0 unspecified atom stereocenters. The van der Waals surface area contributed by atoms with E-state index in [9.17, 15) is 8.42 Å². The lowest BCUT2D eigenvalue weighted by atomic mass is 10.3. The molecule has 0 saturated heterocycles. The number of rotatable bonds is 6. The van der Waals surface area contributed by atoms with Crippen LogP contribution in [0.4, 0.5) is 5.69 Å². The Labute approximate surface area is 154 Å². The molecule has 9 nitrogen and oxygen atoms in total. The quantitative estimate of drug-likeness (QED) is 0.545. The van der Waals surface area contributed by atoms with E-state index >= 15 is 0 Å². The largest absolute Gasteiger partial charge is 0.438 e. The highest BCUT2D eigenvalue weighted by atomic mass is 32.2. The highest BCUT2D eigenvalue weighted by Gasteiger charge is 2.16. The maximum absolute atomic E-state index is 12.1. The summed E-state index contributed by atoms with van der Waals surface area (Å²) in [4.78, 5) is -0.0547. The van der Waals surface area contributed by atoms with E-state index in [0.29, 0.717) is 23.1 Å². The zero-order valence-electron chi connectivity index (χ0n) is 13.8. The molecule has 0 radical (unpaired) electrons. The van der Waals surface area contributed by atoms with E-state index in [1.807, 2.05) is 29.1 Å². The number of nitrogens with zero attached hydrogens (tertiary/aromatic N) is 4. The van der Waals surface area contributed by atoms with Crippen molar-refractivity contribution in [3.63, 3.8) is 0 Å². The summed E-state index contributed by atoms with van der Waals surface area (Å²) in [6.45, 7) is 0. The molecule has 0 amide bonds. The highest BCUT2D eigenvalue weighted by Crippen LogP contribution is 2.23. The summed E-state index contributed by atoms with van der Waals surface area (Å²) < 4.78 is 38.6. The van der Waals surface area contributed by atoms with Crippen LogP contribution in [0.5, 0.6) is 11.6 Å². The second-order valence-electron chi connectivity index (χ2n) is 5.41. The molecular formula is C17H13N5O4S. The molecule has 10 heteroatoms. The fourth-order valence-corrected chi connectivity index (χ4v) is 3.16. The monoisotopic (exact) mass is 383 g/mol. The van der Waals surface area contributed by atoms with E-state index < -0.39 is 10.0 Å². The molecule has 0 bridgehead atoms. The van der Waals surface area contributed by atoms with Crippen molar-refractivity contribution in [3.05, 3.63) is 73.4 Å². The predicted molar refractivity (Wildman–Crippen MR) is 95.2 cm³/mol. The third-order valence-corrected chi connectivity index (χ3v) is 4.87. The van der Waals surface area contributed by atoms with Crippen LogP contribution in [-0.2, 0) is 10.0 Å². The zero-order valence-corrected chi connectivity index (χ0v) is 14.6. The molecule has 0 aliphatic heterocycles. The van der Waals surface area contributed by atoms with E-state index in [1.165, 1.54) is 0 Å². The smallest absolute Gasteiger partial charge is 0.266 e. The molecule has 0 fully saturated rings. The topological polar surface area (TPSA) is 112 Å². The van der Waals surface area contributed by atoms with Crippen molar-refractivity contribution in [2.45, 2.75) is 4.90 Å². The Hall–Kier alpha value is -3.66. The van der Waals surface area contributed by atoms with E-state index in [1.54, 1.807) is 36.4 Å². The second kappa shape index (κ2) is 6.92. The van der Waals surface area contributed by atoms with Crippen LogP contribution >= 0.6 is 0 Å². The van der Waals surface area contributed by atoms with E-state index in [-0.39, 0.29) is 4.90 Å². The molecule has 3 aromatic heterocycles. The van der Waals surface area contributed by atoms with Gasteiger partial charge in [0.25, 0.3) is 10.0 Å². The van der Waals surface area contributed by atoms with Crippen molar-refractivity contribution in [2.75, 3.05) is 4.72 Å². The summed E-state index contributed by atoms with van der Waals surface area (Å²) in [5, 5.41) is 11.5. The molecule has 3 heterocycles. The van der Waals surface area contributed by atoms with Gasteiger partial charge in [-0.2, -0.15) is 0 Å². The van der Waals surface area contributed by atoms with Gasteiger partial charge in [0.1, 0.15) is 16.9 Å². The number of benzene rings is 1. The van der Waals surface area contributed by atoms with Crippen molar-refractivity contribution in [2.24, 2.45) is 0 Å². The lowest BCUT2D eigenvalue weighted by Crippen LogP contribution is -2.11. The minimum Gasteiger partial charge on any atom is -0.438 e. The first-order valence-corrected chi connectivity index (χ1v) is 9.26. The molecule has 4 rings (SSSR count). The number of ether oxygens (including phenoxy) is 1. The molecule has 1 aromatic carbocycles. The van der Waals surface area contributed by atoms with Gasteiger partial charge in [0.15, 0.2) is 5.82 Å². The first-order chi connectivity index (χ1) is 13.1. The Morgan fingerprint density at radius 2 is 1.78 bits per heavy atom. The van der Waals surface area contributed by atoms with Gasteiger partial charge < -0.3 is 13.8 Å². The lowest BCUT2D eigenvalue weighted by molar-refractivity contribution is 0.417. The zero-order chi connectivity index (χ0) is 18.7. The van der Waals surface area contributed by atoms with Gasteiger partial charge in [-0.25, -0.2) is 8.42 Å². The van der Waals surface area contributed by atoms with Gasteiger partial charge in [0.2, 0.25) is 5.88 Å². The van der Waals surface area contributed by atoms with Crippen molar-refractivity contribution in [1.82, 2.24) is 19.9 Å². The summed E-state index contributed by atoms with van der Waals surface area (Å²) >= 11 is 0. The average molecular weight is 383 g/mol. The van der Waals surface area contributed by atoms with Crippen LogP contribution in [0.25, 0.3) is 5.82 Å². The first kappa shape index (κ1) is 16.8. The van der Waals surface area contributed by atoms with Crippen LogP contribution in [0.1, 0.15) is 0 Å². The molecule has 27 heavy (non-hydrogen) atoms. The molecule has 0 aliphatic rings.